The molecule has 0 aliphatic carbocycles. The van der Waals surface area contributed by atoms with E-state index in [4.69, 9.17) is 4.52 Å². The normalized spacial score (nSPS) is 11.2. The zero-order chi connectivity index (χ0) is 14.8. The van der Waals surface area contributed by atoms with Crippen LogP contribution in [0.25, 0.3) is 22.4 Å². The third kappa shape index (κ3) is 3.05. The monoisotopic (exact) mass is 346 g/mol. The van der Waals surface area contributed by atoms with Crippen molar-refractivity contribution in [2.24, 2.45) is 5.92 Å². The zero-order valence-corrected chi connectivity index (χ0v) is 13.4. The number of para-hydroxylation sites is 1. The Morgan fingerprint density at radius 2 is 2.05 bits per heavy atom. The fraction of sp³-hybridized carbons (Fsp3) is 0.267. The van der Waals surface area contributed by atoms with Gasteiger partial charge in [0.2, 0.25) is 5.82 Å². The van der Waals surface area contributed by atoms with E-state index in [1.54, 1.807) is 0 Å². The van der Waals surface area contributed by atoms with Crippen molar-refractivity contribution in [2.45, 2.75) is 13.8 Å². The minimum atomic E-state index is 0.417. The minimum Gasteiger partial charge on any atom is -0.337 e. The first-order valence-corrected chi connectivity index (χ1v) is 7.56. The Balaban J connectivity index is 1.94. The van der Waals surface area contributed by atoms with Gasteiger partial charge in [-0.15, -0.1) is 0 Å². The molecule has 0 fully saturated rings. The number of hydrogen-bond donors (Lipinski definition) is 1. The second-order valence-electron chi connectivity index (χ2n) is 5.21. The van der Waals surface area contributed by atoms with Crippen LogP contribution in [0.3, 0.4) is 0 Å². The van der Waals surface area contributed by atoms with Crippen molar-refractivity contribution in [3.8, 4) is 11.5 Å². The minimum absolute atomic E-state index is 0.417. The van der Waals surface area contributed by atoms with Crippen LogP contribution in [0, 0.1) is 5.92 Å². The molecule has 0 spiro atoms. The van der Waals surface area contributed by atoms with Crippen LogP contribution in [0.4, 0.5) is 6.01 Å². The fourth-order valence-electron chi connectivity index (χ4n) is 1.93. The molecule has 3 rings (SSSR count). The van der Waals surface area contributed by atoms with Crippen molar-refractivity contribution in [1.82, 2.24) is 15.1 Å². The number of benzene rings is 1. The van der Waals surface area contributed by atoms with Gasteiger partial charge in [0.05, 0.1) is 5.52 Å². The van der Waals surface area contributed by atoms with Gasteiger partial charge in [-0.3, -0.25) is 0 Å². The molecule has 21 heavy (non-hydrogen) atoms. The van der Waals surface area contributed by atoms with Gasteiger partial charge in [-0.25, -0.2) is 4.98 Å². The average molecular weight is 347 g/mol. The van der Waals surface area contributed by atoms with Gasteiger partial charge in [0.25, 0.3) is 0 Å². The Morgan fingerprint density at radius 3 is 2.86 bits per heavy atom. The summed E-state index contributed by atoms with van der Waals surface area (Å²) >= 11 is 3.52. The fourth-order valence-corrected chi connectivity index (χ4v) is 2.44. The van der Waals surface area contributed by atoms with Gasteiger partial charge in [0.1, 0.15) is 5.69 Å². The summed E-state index contributed by atoms with van der Waals surface area (Å²) in [4.78, 5) is 8.93. The second-order valence-corrected chi connectivity index (χ2v) is 6.06. The standard InChI is InChI=1S/C15H15BrN4O/c1-9(2)8-17-15-19-14(20-21-15)13-11(16)7-10-5-3-4-6-12(10)18-13/h3-7,9H,8H2,1-2H3,(H,17,19,20). The van der Waals surface area contributed by atoms with Crippen LogP contribution in [-0.2, 0) is 0 Å². The Bertz CT molecular complexity index is 769. The van der Waals surface area contributed by atoms with Crippen molar-refractivity contribution in [1.29, 1.82) is 0 Å². The van der Waals surface area contributed by atoms with Crippen LogP contribution in [-0.4, -0.2) is 21.7 Å². The molecule has 0 atom stereocenters. The molecule has 0 aliphatic heterocycles. The van der Waals surface area contributed by atoms with Crippen LogP contribution in [0.2, 0.25) is 0 Å². The zero-order valence-electron chi connectivity index (χ0n) is 11.8. The first-order valence-electron chi connectivity index (χ1n) is 6.76. The quantitative estimate of drug-likeness (QED) is 0.769. The summed E-state index contributed by atoms with van der Waals surface area (Å²) in [5.74, 6) is 0.977. The number of pyridine rings is 1. The van der Waals surface area contributed by atoms with Crippen molar-refractivity contribution >= 4 is 32.8 Å². The summed E-state index contributed by atoms with van der Waals surface area (Å²) in [5.41, 5.74) is 1.58. The highest BCUT2D eigenvalue weighted by atomic mass is 79.9. The van der Waals surface area contributed by atoms with Crippen molar-refractivity contribution < 1.29 is 4.52 Å². The molecular weight excluding hydrogens is 332 g/mol. The van der Waals surface area contributed by atoms with E-state index in [0.29, 0.717) is 23.5 Å². The summed E-state index contributed by atoms with van der Waals surface area (Å²) in [6.45, 7) is 5.02. The van der Waals surface area contributed by atoms with Gasteiger partial charge in [-0.05, 0) is 34.0 Å². The molecule has 108 valence electrons. The lowest BCUT2D eigenvalue weighted by molar-refractivity contribution is 0.429. The van der Waals surface area contributed by atoms with Crippen molar-refractivity contribution in [3.05, 3.63) is 34.8 Å². The maximum Gasteiger partial charge on any atom is 0.321 e. The summed E-state index contributed by atoms with van der Waals surface area (Å²) in [6.07, 6.45) is 0. The number of hydrogen-bond acceptors (Lipinski definition) is 5. The first-order chi connectivity index (χ1) is 10.1. The smallest absolute Gasteiger partial charge is 0.321 e. The second kappa shape index (κ2) is 5.81. The number of nitrogens with one attached hydrogen (secondary N) is 1. The molecule has 0 unspecified atom stereocenters. The summed E-state index contributed by atoms with van der Waals surface area (Å²) in [5, 5.41) is 8.16. The highest BCUT2D eigenvalue weighted by molar-refractivity contribution is 9.10. The van der Waals surface area contributed by atoms with E-state index in [9.17, 15) is 0 Å². The van der Waals surface area contributed by atoms with E-state index in [-0.39, 0.29) is 0 Å². The van der Waals surface area contributed by atoms with Crippen LogP contribution in [0.15, 0.2) is 39.3 Å². The number of halogens is 1. The van der Waals surface area contributed by atoms with Gasteiger partial charge < -0.3 is 9.84 Å². The predicted octanol–water partition coefficient (Wildman–Crippen LogP) is 4.12. The molecular formula is C15H15BrN4O. The molecule has 1 aromatic carbocycles. The number of aromatic nitrogens is 3. The van der Waals surface area contributed by atoms with Crippen LogP contribution < -0.4 is 5.32 Å². The number of anilines is 1. The van der Waals surface area contributed by atoms with E-state index >= 15 is 0 Å². The van der Waals surface area contributed by atoms with Gasteiger partial charge in [0, 0.05) is 16.4 Å². The Morgan fingerprint density at radius 1 is 1.24 bits per heavy atom. The summed E-state index contributed by atoms with van der Waals surface area (Å²) < 4.78 is 6.05. The largest absolute Gasteiger partial charge is 0.337 e. The average Bonchev–Trinajstić information content (AvgIpc) is 2.93. The van der Waals surface area contributed by atoms with Crippen molar-refractivity contribution in [3.63, 3.8) is 0 Å². The molecule has 5 nitrogen and oxygen atoms in total. The Kier molecular flexibility index (Phi) is 3.88. The summed E-state index contributed by atoms with van der Waals surface area (Å²) in [7, 11) is 0. The number of fused-ring (bicyclic) bond motifs is 1. The molecule has 6 heteroatoms. The molecule has 0 saturated heterocycles. The summed E-state index contributed by atoms with van der Waals surface area (Å²) in [6, 6.07) is 10.3. The van der Waals surface area contributed by atoms with E-state index in [0.717, 1.165) is 21.9 Å². The number of rotatable bonds is 4. The highest BCUT2D eigenvalue weighted by Gasteiger charge is 2.14. The lowest BCUT2D eigenvalue weighted by Gasteiger charge is -2.03. The molecule has 0 radical (unpaired) electrons. The molecule has 0 saturated carbocycles. The van der Waals surface area contributed by atoms with Crippen LogP contribution in [0.5, 0.6) is 0 Å². The lowest BCUT2D eigenvalue weighted by atomic mass is 10.2. The van der Waals surface area contributed by atoms with E-state index in [1.807, 2.05) is 30.3 Å². The first kappa shape index (κ1) is 14.0. The van der Waals surface area contributed by atoms with Crippen LogP contribution in [0.1, 0.15) is 13.8 Å². The lowest BCUT2D eigenvalue weighted by Crippen LogP contribution is -2.07. The predicted molar refractivity (Wildman–Crippen MR) is 86.1 cm³/mol. The van der Waals surface area contributed by atoms with Gasteiger partial charge >= 0.3 is 6.01 Å². The molecule has 1 N–H and O–H groups in total. The Hall–Kier alpha value is -1.95. The molecule has 2 aromatic heterocycles. The van der Waals surface area contributed by atoms with E-state index in [2.05, 4.69) is 50.2 Å². The topological polar surface area (TPSA) is 63.8 Å². The molecule has 0 aliphatic rings. The highest BCUT2D eigenvalue weighted by Crippen LogP contribution is 2.28. The Labute approximate surface area is 130 Å². The van der Waals surface area contributed by atoms with Gasteiger partial charge in [0.15, 0.2) is 0 Å². The molecule has 3 aromatic rings. The van der Waals surface area contributed by atoms with E-state index < -0.39 is 0 Å². The van der Waals surface area contributed by atoms with Crippen LogP contribution >= 0.6 is 15.9 Å². The SMILES string of the molecule is CC(C)CNc1nc(-c2nc3ccccc3cc2Br)no1. The third-order valence-electron chi connectivity index (χ3n) is 2.98. The van der Waals surface area contributed by atoms with E-state index in [1.165, 1.54) is 0 Å². The van der Waals surface area contributed by atoms with Crippen molar-refractivity contribution in [2.75, 3.05) is 11.9 Å². The molecule has 0 amide bonds. The molecule has 2 heterocycles. The molecule has 0 bridgehead atoms. The van der Waals surface area contributed by atoms with Gasteiger partial charge in [-0.2, -0.15) is 4.98 Å². The van der Waals surface area contributed by atoms with Gasteiger partial charge in [-0.1, -0.05) is 37.2 Å². The third-order valence-corrected chi connectivity index (χ3v) is 3.58. The maximum atomic E-state index is 5.20. The number of nitrogens with zero attached hydrogens (tertiary/aromatic N) is 3. The maximum absolute atomic E-state index is 5.20.